The molecule has 0 fully saturated rings. The molecule has 0 aliphatic carbocycles. The fraction of sp³-hybridized carbons (Fsp3) is 0.310. The lowest BCUT2D eigenvalue weighted by atomic mass is 9.95. The van der Waals surface area contributed by atoms with Crippen molar-refractivity contribution in [2.24, 2.45) is 4.99 Å². The van der Waals surface area contributed by atoms with Crippen molar-refractivity contribution in [3.63, 3.8) is 0 Å². The molecule has 3 aromatic rings. The summed E-state index contributed by atoms with van der Waals surface area (Å²) in [4.78, 5) is 43.6. The molecule has 0 saturated carbocycles. The van der Waals surface area contributed by atoms with Gasteiger partial charge in [0, 0.05) is 6.92 Å². The monoisotopic (exact) mass is 566 g/mol. The Morgan fingerprint density at radius 1 is 1.00 bits per heavy atom. The Hall–Kier alpha value is -4.38. The first kappa shape index (κ1) is 28.6. The Morgan fingerprint density at radius 2 is 1.70 bits per heavy atom. The van der Waals surface area contributed by atoms with E-state index < -0.39 is 18.0 Å². The highest BCUT2D eigenvalue weighted by Gasteiger charge is 2.34. The van der Waals surface area contributed by atoms with Gasteiger partial charge in [-0.15, -0.1) is 0 Å². The van der Waals surface area contributed by atoms with Gasteiger partial charge in [-0.05, 0) is 62.2 Å². The largest absolute Gasteiger partial charge is 0.493 e. The molecular formula is C29H30N2O8S. The van der Waals surface area contributed by atoms with Crippen LogP contribution >= 0.6 is 11.3 Å². The van der Waals surface area contributed by atoms with Crippen LogP contribution in [0.3, 0.4) is 0 Å². The summed E-state index contributed by atoms with van der Waals surface area (Å²) in [7, 11) is 2.99. The average Bonchev–Trinajstić information content (AvgIpc) is 3.22. The summed E-state index contributed by atoms with van der Waals surface area (Å²) in [6.45, 7) is 7.23. The van der Waals surface area contributed by atoms with Crippen LogP contribution in [0.25, 0.3) is 6.08 Å². The highest BCUT2D eigenvalue weighted by Crippen LogP contribution is 2.36. The van der Waals surface area contributed by atoms with Gasteiger partial charge in [0.2, 0.25) is 0 Å². The van der Waals surface area contributed by atoms with Crippen molar-refractivity contribution in [1.82, 2.24) is 4.57 Å². The smallest absolute Gasteiger partial charge is 0.338 e. The molecular weight excluding hydrogens is 536 g/mol. The van der Waals surface area contributed by atoms with Gasteiger partial charge >= 0.3 is 11.9 Å². The molecule has 40 heavy (non-hydrogen) atoms. The molecule has 10 nitrogen and oxygen atoms in total. The zero-order valence-electron chi connectivity index (χ0n) is 23.1. The van der Waals surface area contributed by atoms with Crippen LogP contribution in [0.5, 0.6) is 23.0 Å². The molecule has 1 atom stereocenters. The van der Waals surface area contributed by atoms with E-state index in [0.29, 0.717) is 38.7 Å². The molecule has 11 heteroatoms. The third kappa shape index (κ3) is 5.64. The summed E-state index contributed by atoms with van der Waals surface area (Å²) in [6, 6.07) is 9.43. The molecule has 210 valence electrons. The molecule has 1 aliphatic rings. The highest BCUT2D eigenvalue weighted by molar-refractivity contribution is 7.07. The van der Waals surface area contributed by atoms with Crippen molar-refractivity contribution in [3.8, 4) is 23.0 Å². The number of ether oxygens (including phenoxy) is 5. The van der Waals surface area contributed by atoms with E-state index in [0.717, 1.165) is 5.56 Å². The minimum atomic E-state index is -0.854. The molecule has 0 bridgehead atoms. The molecule has 2 heterocycles. The zero-order valence-corrected chi connectivity index (χ0v) is 23.9. The molecule has 0 N–H and O–H groups in total. The fourth-order valence-corrected chi connectivity index (χ4v) is 5.45. The second kappa shape index (κ2) is 12.2. The van der Waals surface area contributed by atoms with Gasteiger partial charge in [-0.1, -0.05) is 23.5 Å². The number of methoxy groups -OCH3 is 2. The summed E-state index contributed by atoms with van der Waals surface area (Å²) in [5.74, 6) is 0.546. The normalized spacial score (nSPS) is 14.8. The van der Waals surface area contributed by atoms with Gasteiger partial charge in [-0.2, -0.15) is 0 Å². The Bertz CT molecular complexity index is 1670. The van der Waals surface area contributed by atoms with Gasteiger partial charge in [-0.3, -0.25) is 14.2 Å². The third-order valence-electron chi connectivity index (χ3n) is 6.06. The van der Waals surface area contributed by atoms with Gasteiger partial charge < -0.3 is 23.7 Å². The third-order valence-corrected chi connectivity index (χ3v) is 7.04. The lowest BCUT2D eigenvalue weighted by Gasteiger charge is -2.25. The van der Waals surface area contributed by atoms with Crippen molar-refractivity contribution in [2.75, 3.05) is 27.4 Å². The number of allylic oxidation sites excluding steroid dienone is 1. The van der Waals surface area contributed by atoms with Crippen molar-refractivity contribution >= 4 is 29.4 Å². The fourth-order valence-electron chi connectivity index (χ4n) is 4.40. The molecule has 1 aliphatic heterocycles. The molecule has 2 aromatic carbocycles. The number of thiazole rings is 1. The molecule has 0 saturated heterocycles. The molecule has 4 rings (SSSR count). The predicted octanol–water partition coefficient (Wildman–Crippen LogP) is 3.14. The summed E-state index contributed by atoms with van der Waals surface area (Å²) >= 11 is 1.20. The Labute approximate surface area is 234 Å². The minimum absolute atomic E-state index is 0.154. The lowest BCUT2D eigenvalue weighted by Crippen LogP contribution is -2.40. The maximum absolute atomic E-state index is 13.9. The summed E-state index contributed by atoms with van der Waals surface area (Å²) in [5, 5.41) is 0. The lowest BCUT2D eigenvalue weighted by molar-refractivity contribution is -0.139. The van der Waals surface area contributed by atoms with E-state index >= 15 is 0 Å². The van der Waals surface area contributed by atoms with Crippen LogP contribution in [-0.4, -0.2) is 43.9 Å². The number of carbonyl (C=O) groups excluding carboxylic acids is 2. The van der Waals surface area contributed by atoms with Crippen LogP contribution in [0.15, 0.2) is 57.5 Å². The standard InChI is InChI=1S/C29H30N2O8S/c1-7-37-20-11-9-18(13-22(20)35-5)14-24-27(33)31-26(19-10-12-21(39-17(4)32)23(15-19)36-6)25(28(34)38-8-2)16(3)30-29(31)40-24/h9-15,26H,7-8H2,1-6H3/b24-14+/t26-/m1/s1. The maximum atomic E-state index is 13.9. The summed E-state index contributed by atoms with van der Waals surface area (Å²) in [5.41, 5.74) is 1.61. The van der Waals surface area contributed by atoms with Crippen LogP contribution < -0.4 is 33.8 Å². The number of hydrogen-bond acceptors (Lipinski definition) is 10. The van der Waals surface area contributed by atoms with E-state index in [2.05, 4.69) is 4.99 Å². The molecule has 0 amide bonds. The number of fused-ring (bicyclic) bond motifs is 1. The summed E-state index contributed by atoms with van der Waals surface area (Å²) in [6.07, 6.45) is 1.74. The van der Waals surface area contributed by atoms with Crippen molar-refractivity contribution in [3.05, 3.63) is 78.5 Å². The van der Waals surface area contributed by atoms with Crippen LogP contribution in [-0.2, 0) is 14.3 Å². The Kier molecular flexibility index (Phi) is 8.73. The van der Waals surface area contributed by atoms with Crippen LogP contribution in [0.4, 0.5) is 0 Å². The first-order valence-corrected chi connectivity index (χ1v) is 13.4. The molecule has 0 unspecified atom stereocenters. The SMILES string of the molecule is CCOC(=O)C1=C(C)N=c2s/c(=C/c3ccc(OCC)c(OC)c3)c(=O)n2[C@@H]1c1ccc(OC(C)=O)c(OC)c1. The number of nitrogens with zero attached hydrogens (tertiary/aromatic N) is 2. The Morgan fingerprint density at radius 3 is 2.35 bits per heavy atom. The zero-order chi connectivity index (χ0) is 29.0. The van der Waals surface area contributed by atoms with E-state index in [1.807, 2.05) is 13.0 Å². The Balaban J connectivity index is 1.92. The number of hydrogen-bond donors (Lipinski definition) is 0. The second-order valence-electron chi connectivity index (χ2n) is 8.65. The van der Waals surface area contributed by atoms with Gasteiger partial charge in [0.05, 0.1) is 49.3 Å². The van der Waals surface area contributed by atoms with E-state index in [1.165, 1.54) is 29.9 Å². The van der Waals surface area contributed by atoms with E-state index in [-0.39, 0.29) is 29.2 Å². The van der Waals surface area contributed by atoms with Gasteiger partial charge in [-0.25, -0.2) is 9.79 Å². The first-order chi connectivity index (χ1) is 19.2. The second-order valence-corrected chi connectivity index (χ2v) is 9.66. The molecule has 0 radical (unpaired) electrons. The number of esters is 2. The number of aromatic nitrogens is 1. The maximum Gasteiger partial charge on any atom is 0.338 e. The number of rotatable bonds is 9. The minimum Gasteiger partial charge on any atom is -0.493 e. The van der Waals surface area contributed by atoms with Crippen LogP contribution in [0.1, 0.15) is 44.9 Å². The quantitative estimate of drug-likeness (QED) is 0.287. The van der Waals surface area contributed by atoms with Crippen molar-refractivity contribution in [2.45, 2.75) is 33.7 Å². The van der Waals surface area contributed by atoms with Gasteiger partial charge in [0.15, 0.2) is 27.8 Å². The molecule has 1 aromatic heterocycles. The van der Waals surface area contributed by atoms with Gasteiger partial charge in [0.25, 0.3) is 5.56 Å². The average molecular weight is 567 g/mol. The first-order valence-electron chi connectivity index (χ1n) is 12.6. The predicted molar refractivity (Wildman–Crippen MR) is 149 cm³/mol. The van der Waals surface area contributed by atoms with Crippen LogP contribution in [0.2, 0.25) is 0 Å². The number of benzene rings is 2. The highest BCUT2D eigenvalue weighted by atomic mass is 32.1. The summed E-state index contributed by atoms with van der Waals surface area (Å²) < 4.78 is 29.0. The topological polar surface area (TPSA) is 115 Å². The van der Waals surface area contributed by atoms with Crippen molar-refractivity contribution < 1.29 is 33.3 Å². The van der Waals surface area contributed by atoms with E-state index in [4.69, 9.17) is 23.7 Å². The number of carbonyl (C=O) groups is 2. The van der Waals surface area contributed by atoms with Crippen molar-refractivity contribution in [1.29, 1.82) is 0 Å². The molecule has 0 spiro atoms. The van der Waals surface area contributed by atoms with Crippen LogP contribution in [0, 0.1) is 0 Å². The van der Waals surface area contributed by atoms with E-state index in [9.17, 15) is 14.4 Å². The van der Waals surface area contributed by atoms with E-state index in [1.54, 1.807) is 57.4 Å². The van der Waals surface area contributed by atoms with Gasteiger partial charge in [0.1, 0.15) is 0 Å².